The van der Waals surface area contributed by atoms with Crippen molar-refractivity contribution in [2.45, 2.75) is 13.3 Å². The summed E-state index contributed by atoms with van der Waals surface area (Å²) in [5.74, 6) is 0.227. The molecule has 2 heterocycles. The second kappa shape index (κ2) is 6.40. The Bertz CT molecular complexity index is 646. The third kappa shape index (κ3) is 3.25. The Kier molecular flexibility index (Phi) is 4.34. The van der Waals surface area contributed by atoms with Crippen LogP contribution < -0.4 is 10.6 Å². The van der Waals surface area contributed by atoms with Crippen LogP contribution in [-0.4, -0.2) is 37.0 Å². The van der Waals surface area contributed by atoms with Crippen molar-refractivity contribution in [3.05, 3.63) is 46.2 Å². The minimum absolute atomic E-state index is 0.227. The number of carbonyl (C=O) groups excluding carboxylic acids is 1. The highest BCUT2D eigenvalue weighted by Crippen LogP contribution is 2.22. The summed E-state index contributed by atoms with van der Waals surface area (Å²) in [6.07, 6.45) is 0.523. The second-order valence-corrected chi connectivity index (χ2v) is 6.70. The largest absolute Gasteiger partial charge is 0.398 e. The van der Waals surface area contributed by atoms with E-state index in [-0.39, 0.29) is 5.91 Å². The molecule has 116 valence electrons. The molecule has 22 heavy (non-hydrogen) atoms. The fourth-order valence-electron chi connectivity index (χ4n) is 2.71. The highest BCUT2D eigenvalue weighted by Gasteiger charge is 2.21. The SMILES string of the molecule is Cc1ccc(N2CCN(C(=O)Cc3cccs3)CC2)cc1N. The molecule has 1 aliphatic heterocycles. The lowest BCUT2D eigenvalue weighted by molar-refractivity contribution is -0.130. The zero-order valence-corrected chi connectivity index (χ0v) is 13.6. The van der Waals surface area contributed by atoms with E-state index in [1.165, 1.54) is 0 Å². The molecule has 1 amide bonds. The van der Waals surface area contributed by atoms with Gasteiger partial charge in [-0.15, -0.1) is 11.3 Å². The fraction of sp³-hybridized carbons (Fsp3) is 0.353. The molecule has 1 aliphatic rings. The number of anilines is 2. The van der Waals surface area contributed by atoms with E-state index in [9.17, 15) is 4.79 Å². The van der Waals surface area contributed by atoms with E-state index in [1.807, 2.05) is 35.4 Å². The van der Waals surface area contributed by atoms with Gasteiger partial charge in [-0.2, -0.15) is 0 Å². The number of nitrogen functional groups attached to an aromatic ring is 1. The maximum absolute atomic E-state index is 12.3. The Balaban J connectivity index is 1.57. The molecule has 1 aromatic carbocycles. The maximum Gasteiger partial charge on any atom is 0.227 e. The van der Waals surface area contributed by atoms with Crippen LogP contribution in [0.15, 0.2) is 35.7 Å². The van der Waals surface area contributed by atoms with Crippen molar-refractivity contribution in [3.8, 4) is 0 Å². The van der Waals surface area contributed by atoms with Crippen LogP contribution in [0.2, 0.25) is 0 Å². The van der Waals surface area contributed by atoms with Crippen molar-refractivity contribution in [3.63, 3.8) is 0 Å². The quantitative estimate of drug-likeness (QED) is 0.886. The number of rotatable bonds is 3. The van der Waals surface area contributed by atoms with E-state index < -0.39 is 0 Å². The molecule has 0 atom stereocenters. The Hall–Kier alpha value is -2.01. The van der Waals surface area contributed by atoms with Crippen LogP contribution in [0, 0.1) is 6.92 Å². The van der Waals surface area contributed by atoms with Gasteiger partial charge in [-0.1, -0.05) is 12.1 Å². The molecule has 3 rings (SSSR count). The van der Waals surface area contributed by atoms with Gasteiger partial charge < -0.3 is 15.5 Å². The zero-order chi connectivity index (χ0) is 15.5. The molecule has 0 spiro atoms. The van der Waals surface area contributed by atoms with Crippen molar-refractivity contribution in [1.82, 2.24) is 4.90 Å². The van der Waals surface area contributed by atoms with Gasteiger partial charge in [0.25, 0.3) is 0 Å². The van der Waals surface area contributed by atoms with Gasteiger partial charge in [0.05, 0.1) is 6.42 Å². The average Bonchev–Trinajstić information content (AvgIpc) is 3.03. The van der Waals surface area contributed by atoms with Crippen LogP contribution in [0.5, 0.6) is 0 Å². The Morgan fingerprint density at radius 2 is 2.00 bits per heavy atom. The Labute approximate surface area is 135 Å². The molecule has 2 N–H and O–H groups in total. The summed E-state index contributed by atoms with van der Waals surface area (Å²) in [4.78, 5) is 17.7. The predicted octanol–water partition coefficient (Wildman–Crippen LogP) is 2.53. The molecular formula is C17H21N3OS. The molecule has 5 heteroatoms. The van der Waals surface area contributed by atoms with E-state index >= 15 is 0 Å². The number of thiophene rings is 1. The van der Waals surface area contributed by atoms with E-state index in [1.54, 1.807) is 11.3 Å². The van der Waals surface area contributed by atoms with Gasteiger partial charge in [0.1, 0.15) is 0 Å². The summed E-state index contributed by atoms with van der Waals surface area (Å²) in [6.45, 7) is 5.29. The van der Waals surface area contributed by atoms with Gasteiger partial charge in [-0.25, -0.2) is 0 Å². The van der Waals surface area contributed by atoms with Gasteiger partial charge in [0, 0.05) is 42.4 Å². The molecule has 1 fully saturated rings. The third-order valence-corrected chi connectivity index (χ3v) is 5.04. The smallest absolute Gasteiger partial charge is 0.227 e. The summed E-state index contributed by atoms with van der Waals surface area (Å²) in [7, 11) is 0. The van der Waals surface area contributed by atoms with Gasteiger partial charge in [-0.3, -0.25) is 4.79 Å². The molecule has 0 saturated carbocycles. The lowest BCUT2D eigenvalue weighted by Gasteiger charge is -2.36. The molecule has 2 aromatic rings. The summed E-state index contributed by atoms with van der Waals surface area (Å²) >= 11 is 1.64. The number of hydrogen-bond acceptors (Lipinski definition) is 4. The summed E-state index contributed by atoms with van der Waals surface area (Å²) in [5.41, 5.74) is 9.07. The first-order valence-corrected chi connectivity index (χ1v) is 8.42. The lowest BCUT2D eigenvalue weighted by atomic mass is 10.1. The molecule has 0 aliphatic carbocycles. The molecule has 0 bridgehead atoms. The molecular weight excluding hydrogens is 294 g/mol. The van der Waals surface area contributed by atoms with Crippen LogP contribution in [0.25, 0.3) is 0 Å². The van der Waals surface area contributed by atoms with Crippen molar-refractivity contribution in [2.75, 3.05) is 36.8 Å². The topological polar surface area (TPSA) is 49.6 Å². The van der Waals surface area contributed by atoms with Crippen molar-refractivity contribution in [2.24, 2.45) is 0 Å². The van der Waals surface area contributed by atoms with E-state index in [4.69, 9.17) is 5.73 Å². The van der Waals surface area contributed by atoms with Gasteiger partial charge in [0.15, 0.2) is 0 Å². The fourth-order valence-corrected chi connectivity index (χ4v) is 3.41. The predicted molar refractivity (Wildman–Crippen MR) is 92.4 cm³/mol. The van der Waals surface area contributed by atoms with Crippen molar-refractivity contribution in [1.29, 1.82) is 0 Å². The first-order chi connectivity index (χ1) is 10.6. The number of amides is 1. The van der Waals surface area contributed by atoms with Crippen LogP contribution in [0.1, 0.15) is 10.4 Å². The Morgan fingerprint density at radius 1 is 1.23 bits per heavy atom. The summed E-state index contributed by atoms with van der Waals surface area (Å²) in [6, 6.07) is 10.2. The third-order valence-electron chi connectivity index (χ3n) is 4.17. The minimum atomic E-state index is 0.227. The number of piperazine rings is 1. The maximum atomic E-state index is 12.3. The number of carbonyl (C=O) groups is 1. The van der Waals surface area contributed by atoms with Crippen LogP contribution in [-0.2, 0) is 11.2 Å². The highest BCUT2D eigenvalue weighted by molar-refractivity contribution is 7.10. The highest BCUT2D eigenvalue weighted by atomic mass is 32.1. The Morgan fingerprint density at radius 3 is 2.64 bits per heavy atom. The minimum Gasteiger partial charge on any atom is -0.398 e. The standard InChI is InChI=1S/C17H21N3OS/c1-13-4-5-14(11-16(13)18)19-6-8-20(9-7-19)17(21)12-15-3-2-10-22-15/h2-5,10-11H,6-9,12,18H2,1H3. The van der Waals surface area contributed by atoms with Crippen LogP contribution >= 0.6 is 11.3 Å². The number of nitrogens with two attached hydrogens (primary N) is 1. The molecule has 0 radical (unpaired) electrons. The summed E-state index contributed by atoms with van der Waals surface area (Å²) < 4.78 is 0. The van der Waals surface area contributed by atoms with Gasteiger partial charge >= 0.3 is 0 Å². The molecule has 1 aromatic heterocycles. The second-order valence-electron chi connectivity index (χ2n) is 5.66. The van der Waals surface area contributed by atoms with Gasteiger partial charge in [-0.05, 0) is 36.1 Å². The number of benzene rings is 1. The van der Waals surface area contributed by atoms with E-state index in [0.29, 0.717) is 6.42 Å². The number of aryl methyl sites for hydroxylation is 1. The number of hydrogen-bond donors (Lipinski definition) is 1. The molecule has 1 saturated heterocycles. The first kappa shape index (κ1) is 14.9. The van der Waals surface area contributed by atoms with Crippen molar-refractivity contribution < 1.29 is 4.79 Å². The molecule has 4 nitrogen and oxygen atoms in total. The number of nitrogens with zero attached hydrogens (tertiary/aromatic N) is 2. The van der Waals surface area contributed by atoms with Crippen LogP contribution in [0.4, 0.5) is 11.4 Å². The average molecular weight is 315 g/mol. The molecule has 0 unspecified atom stereocenters. The lowest BCUT2D eigenvalue weighted by Crippen LogP contribution is -2.49. The van der Waals surface area contributed by atoms with Crippen LogP contribution in [0.3, 0.4) is 0 Å². The van der Waals surface area contributed by atoms with Gasteiger partial charge in [0.2, 0.25) is 5.91 Å². The van der Waals surface area contributed by atoms with Crippen molar-refractivity contribution >= 4 is 28.6 Å². The van der Waals surface area contributed by atoms with E-state index in [0.717, 1.165) is 48.0 Å². The van der Waals surface area contributed by atoms with E-state index in [2.05, 4.69) is 17.0 Å². The monoisotopic (exact) mass is 315 g/mol. The normalized spacial score (nSPS) is 15.1. The zero-order valence-electron chi connectivity index (χ0n) is 12.8. The summed E-state index contributed by atoms with van der Waals surface area (Å²) in [5, 5.41) is 2.02. The first-order valence-electron chi connectivity index (χ1n) is 7.55.